The zero-order chi connectivity index (χ0) is 8.74. The third kappa shape index (κ3) is 4.74. The first-order chi connectivity index (χ1) is 5.18. The molecule has 3 nitrogen and oxygen atoms in total. The highest BCUT2D eigenvalue weighted by Crippen LogP contribution is 2.15. The second-order valence-electron chi connectivity index (χ2n) is 2.35. The van der Waals surface area contributed by atoms with Crippen LogP contribution in [0.2, 0.25) is 0 Å². The molecule has 4 heteroatoms. The molecule has 0 amide bonds. The Morgan fingerprint density at radius 2 is 2.18 bits per heavy atom. The molecule has 0 fully saturated rings. The molecule has 0 saturated heterocycles. The molecule has 1 unspecified atom stereocenters. The molecule has 0 aromatic heterocycles. The second kappa shape index (κ2) is 5.94. The maximum atomic E-state index is 8.66. The van der Waals surface area contributed by atoms with E-state index in [2.05, 4.69) is 15.9 Å². The van der Waals surface area contributed by atoms with Gasteiger partial charge in [-0.05, 0) is 6.92 Å². The number of aliphatic hydroxyl groups is 1. The van der Waals surface area contributed by atoms with Crippen LogP contribution >= 0.6 is 15.9 Å². The fourth-order valence-corrected chi connectivity index (χ4v) is 0.853. The topological polar surface area (TPSA) is 38.7 Å². The Bertz CT molecular complexity index is 99.7. The van der Waals surface area contributed by atoms with E-state index >= 15 is 0 Å². The fourth-order valence-electron chi connectivity index (χ4n) is 0.691. The van der Waals surface area contributed by atoms with Crippen LogP contribution in [0.25, 0.3) is 0 Å². The Balaban J connectivity index is 3.68. The fraction of sp³-hybridized carbons (Fsp3) is 1.00. The smallest absolute Gasteiger partial charge is 0.167 e. The molecule has 1 atom stereocenters. The van der Waals surface area contributed by atoms with E-state index < -0.39 is 5.79 Å². The molecule has 1 N–H and O–H groups in total. The standard InChI is InChI=1S/C7H15BrO3/c1-7(10-2,3-5-9)11-6-4-8/h9H,3-6H2,1-2H3. The summed E-state index contributed by atoms with van der Waals surface area (Å²) in [5, 5.41) is 9.44. The number of rotatable bonds is 6. The minimum absolute atomic E-state index is 0.0760. The summed E-state index contributed by atoms with van der Waals surface area (Å²) in [6.45, 7) is 2.48. The summed E-state index contributed by atoms with van der Waals surface area (Å²) in [4.78, 5) is 0. The Kier molecular flexibility index (Phi) is 6.14. The highest BCUT2D eigenvalue weighted by molar-refractivity contribution is 9.09. The van der Waals surface area contributed by atoms with E-state index in [-0.39, 0.29) is 6.61 Å². The van der Waals surface area contributed by atoms with Crippen LogP contribution in [0.4, 0.5) is 0 Å². The number of alkyl halides is 1. The zero-order valence-electron chi connectivity index (χ0n) is 6.97. The van der Waals surface area contributed by atoms with Crippen molar-refractivity contribution in [2.24, 2.45) is 0 Å². The summed E-state index contributed by atoms with van der Waals surface area (Å²) in [7, 11) is 1.57. The number of aliphatic hydroxyl groups excluding tert-OH is 1. The Morgan fingerprint density at radius 1 is 1.55 bits per heavy atom. The Morgan fingerprint density at radius 3 is 2.55 bits per heavy atom. The number of hydrogen-bond donors (Lipinski definition) is 1. The van der Waals surface area contributed by atoms with Crippen molar-refractivity contribution in [2.45, 2.75) is 19.1 Å². The summed E-state index contributed by atoms with van der Waals surface area (Å²) in [6.07, 6.45) is 0.497. The van der Waals surface area contributed by atoms with Crippen molar-refractivity contribution in [3.63, 3.8) is 0 Å². The minimum atomic E-state index is -0.636. The molecule has 0 rings (SSSR count). The summed E-state index contributed by atoms with van der Waals surface area (Å²) in [6, 6.07) is 0. The normalized spacial score (nSPS) is 16.4. The van der Waals surface area contributed by atoms with Crippen molar-refractivity contribution in [1.29, 1.82) is 0 Å². The molecular formula is C7H15BrO3. The van der Waals surface area contributed by atoms with Gasteiger partial charge in [-0.1, -0.05) is 15.9 Å². The first kappa shape index (κ1) is 11.4. The zero-order valence-corrected chi connectivity index (χ0v) is 8.56. The highest BCUT2D eigenvalue weighted by Gasteiger charge is 2.22. The molecule has 0 radical (unpaired) electrons. The predicted molar refractivity (Wildman–Crippen MR) is 46.9 cm³/mol. The summed E-state index contributed by atoms with van der Waals surface area (Å²) >= 11 is 3.24. The molecule has 0 aromatic carbocycles. The molecule has 11 heavy (non-hydrogen) atoms. The van der Waals surface area contributed by atoms with E-state index in [1.165, 1.54) is 0 Å². The van der Waals surface area contributed by atoms with Crippen LogP contribution in [0.15, 0.2) is 0 Å². The summed E-state index contributed by atoms with van der Waals surface area (Å²) in [5.74, 6) is -0.636. The van der Waals surface area contributed by atoms with Gasteiger partial charge in [0.2, 0.25) is 0 Å². The second-order valence-corrected chi connectivity index (χ2v) is 3.14. The van der Waals surface area contributed by atoms with Crippen molar-refractivity contribution in [1.82, 2.24) is 0 Å². The van der Waals surface area contributed by atoms with Gasteiger partial charge in [-0.2, -0.15) is 0 Å². The third-order valence-electron chi connectivity index (χ3n) is 1.48. The van der Waals surface area contributed by atoms with E-state index in [4.69, 9.17) is 14.6 Å². The van der Waals surface area contributed by atoms with Crippen molar-refractivity contribution < 1.29 is 14.6 Å². The van der Waals surface area contributed by atoms with E-state index in [0.717, 1.165) is 5.33 Å². The van der Waals surface area contributed by atoms with Gasteiger partial charge < -0.3 is 14.6 Å². The molecule has 0 heterocycles. The lowest BCUT2D eigenvalue weighted by Crippen LogP contribution is -2.32. The van der Waals surface area contributed by atoms with Crippen LogP contribution < -0.4 is 0 Å². The van der Waals surface area contributed by atoms with Gasteiger partial charge in [0, 0.05) is 25.5 Å². The van der Waals surface area contributed by atoms with Crippen molar-refractivity contribution in [3.8, 4) is 0 Å². The lowest BCUT2D eigenvalue weighted by Gasteiger charge is -2.27. The van der Waals surface area contributed by atoms with Gasteiger partial charge in [-0.3, -0.25) is 0 Å². The molecule has 0 spiro atoms. The van der Waals surface area contributed by atoms with Gasteiger partial charge in [0.25, 0.3) is 0 Å². The molecule has 68 valence electrons. The SMILES string of the molecule is COC(C)(CCO)OCCBr. The minimum Gasteiger partial charge on any atom is -0.396 e. The molecule has 0 aliphatic carbocycles. The monoisotopic (exact) mass is 226 g/mol. The van der Waals surface area contributed by atoms with Crippen LogP contribution in [-0.2, 0) is 9.47 Å². The molecule has 0 aliphatic heterocycles. The maximum absolute atomic E-state index is 8.66. The van der Waals surface area contributed by atoms with Gasteiger partial charge >= 0.3 is 0 Å². The lowest BCUT2D eigenvalue weighted by molar-refractivity contribution is -0.214. The summed E-state index contributed by atoms with van der Waals surface area (Å²) in [5.41, 5.74) is 0. The third-order valence-corrected chi connectivity index (χ3v) is 1.81. The van der Waals surface area contributed by atoms with Crippen LogP contribution in [0.3, 0.4) is 0 Å². The Hall–Kier alpha value is 0.360. The first-order valence-electron chi connectivity index (χ1n) is 3.54. The number of halogens is 1. The van der Waals surface area contributed by atoms with Crippen LogP contribution in [0, 0.1) is 0 Å². The number of methoxy groups -OCH3 is 1. The number of hydrogen-bond acceptors (Lipinski definition) is 3. The van der Waals surface area contributed by atoms with Crippen LogP contribution in [0.1, 0.15) is 13.3 Å². The van der Waals surface area contributed by atoms with Gasteiger partial charge in [0.1, 0.15) is 0 Å². The van der Waals surface area contributed by atoms with Gasteiger partial charge in [0.15, 0.2) is 5.79 Å². The van der Waals surface area contributed by atoms with Gasteiger partial charge in [0.05, 0.1) is 6.61 Å². The van der Waals surface area contributed by atoms with Gasteiger partial charge in [-0.15, -0.1) is 0 Å². The average molecular weight is 227 g/mol. The molecule has 0 bridgehead atoms. The van der Waals surface area contributed by atoms with E-state index in [9.17, 15) is 0 Å². The van der Waals surface area contributed by atoms with Crippen molar-refractivity contribution in [3.05, 3.63) is 0 Å². The molecule has 0 saturated carbocycles. The predicted octanol–water partition coefficient (Wildman–Crippen LogP) is 1.14. The highest BCUT2D eigenvalue weighted by atomic mass is 79.9. The van der Waals surface area contributed by atoms with E-state index in [0.29, 0.717) is 13.0 Å². The largest absolute Gasteiger partial charge is 0.396 e. The first-order valence-corrected chi connectivity index (χ1v) is 4.66. The maximum Gasteiger partial charge on any atom is 0.167 e. The lowest BCUT2D eigenvalue weighted by atomic mass is 10.2. The molecular weight excluding hydrogens is 212 g/mol. The van der Waals surface area contributed by atoms with Crippen LogP contribution in [0.5, 0.6) is 0 Å². The van der Waals surface area contributed by atoms with Crippen molar-refractivity contribution in [2.75, 3.05) is 25.7 Å². The van der Waals surface area contributed by atoms with Crippen molar-refractivity contribution >= 4 is 15.9 Å². The van der Waals surface area contributed by atoms with Gasteiger partial charge in [-0.25, -0.2) is 0 Å². The summed E-state index contributed by atoms with van der Waals surface area (Å²) < 4.78 is 10.4. The molecule has 0 aromatic rings. The average Bonchev–Trinajstić information content (AvgIpc) is 2.02. The molecule has 0 aliphatic rings. The quantitative estimate of drug-likeness (QED) is 0.546. The van der Waals surface area contributed by atoms with E-state index in [1.807, 2.05) is 6.92 Å². The van der Waals surface area contributed by atoms with Crippen LogP contribution in [-0.4, -0.2) is 36.5 Å². The van der Waals surface area contributed by atoms with E-state index in [1.54, 1.807) is 7.11 Å². The number of ether oxygens (including phenoxy) is 2. The Labute approximate surface area is 75.8 Å².